The van der Waals surface area contributed by atoms with E-state index >= 15 is 0 Å². The van der Waals surface area contributed by atoms with Gasteiger partial charge in [-0.25, -0.2) is 4.79 Å². The molecular weight excluding hydrogens is 236 g/mol. The van der Waals surface area contributed by atoms with Crippen LogP contribution in [0.25, 0.3) is 11.2 Å². The van der Waals surface area contributed by atoms with E-state index in [4.69, 9.17) is 0 Å². The number of aromatic nitrogens is 5. The van der Waals surface area contributed by atoms with Gasteiger partial charge in [0.25, 0.3) is 5.56 Å². The molecule has 0 aliphatic carbocycles. The van der Waals surface area contributed by atoms with Crippen LogP contribution in [0.1, 0.15) is 13.3 Å². The molecule has 2 aromatic heterocycles. The van der Waals surface area contributed by atoms with Gasteiger partial charge >= 0.3 is 5.69 Å². The summed E-state index contributed by atoms with van der Waals surface area (Å²) < 4.78 is 2.26. The lowest BCUT2D eigenvalue weighted by Crippen LogP contribution is -2.38. The summed E-state index contributed by atoms with van der Waals surface area (Å²) in [6.07, 6.45) is 0.914. The van der Waals surface area contributed by atoms with Gasteiger partial charge in [0.2, 0.25) is 5.95 Å². The molecule has 0 aliphatic heterocycles. The van der Waals surface area contributed by atoms with Crippen molar-refractivity contribution in [1.82, 2.24) is 24.3 Å². The van der Waals surface area contributed by atoms with Crippen molar-refractivity contribution in [1.29, 1.82) is 0 Å². The summed E-state index contributed by atoms with van der Waals surface area (Å²) in [6, 6.07) is 0. The van der Waals surface area contributed by atoms with Gasteiger partial charge in [-0.3, -0.25) is 13.9 Å². The summed E-state index contributed by atoms with van der Waals surface area (Å²) in [6.45, 7) is 2.71. The maximum atomic E-state index is 11.8. The predicted octanol–water partition coefficient (Wildman–Crippen LogP) is -0.756. The van der Waals surface area contributed by atoms with Crippen molar-refractivity contribution in [2.75, 3.05) is 11.9 Å². The highest BCUT2D eigenvalue weighted by atomic mass is 16.2. The molecule has 2 aromatic rings. The van der Waals surface area contributed by atoms with Gasteiger partial charge in [-0.05, 0) is 6.42 Å². The predicted molar refractivity (Wildman–Crippen MR) is 66.6 cm³/mol. The first kappa shape index (κ1) is 12.2. The first-order chi connectivity index (χ1) is 8.56. The first-order valence-corrected chi connectivity index (χ1v) is 5.60. The molecule has 2 rings (SSSR count). The Balaban J connectivity index is 2.70. The molecule has 2 heterocycles. The number of hydrogen-bond donors (Lipinski definition) is 1. The molecular formula is C10H14N6O2. The Morgan fingerprint density at radius 2 is 1.89 bits per heavy atom. The van der Waals surface area contributed by atoms with E-state index < -0.39 is 11.2 Å². The van der Waals surface area contributed by atoms with Gasteiger partial charge in [0.1, 0.15) is 0 Å². The molecule has 0 amide bonds. The number of rotatable bonds is 3. The first-order valence-electron chi connectivity index (χ1n) is 5.60. The number of nitrogens with one attached hydrogen (secondary N) is 1. The standard InChI is InChI=1S/C10H14N6O2/c1-4-5-11-9-12-7-6(13-14-9)8(17)16(3)10(18)15(7)2/h4-5H2,1-3H3,(H,11,12,14). The smallest absolute Gasteiger partial charge is 0.332 e. The third-order valence-electron chi connectivity index (χ3n) is 2.60. The number of fused-ring (bicyclic) bond motifs is 1. The van der Waals surface area contributed by atoms with E-state index in [1.165, 1.54) is 11.6 Å². The van der Waals surface area contributed by atoms with Crippen LogP contribution < -0.4 is 16.6 Å². The molecule has 8 nitrogen and oxygen atoms in total. The molecule has 1 N–H and O–H groups in total. The molecule has 18 heavy (non-hydrogen) atoms. The monoisotopic (exact) mass is 250 g/mol. The van der Waals surface area contributed by atoms with Crippen LogP contribution in [0.15, 0.2) is 9.59 Å². The van der Waals surface area contributed by atoms with Gasteiger partial charge in [0.05, 0.1) is 0 Å². The average Bonchev–Trinajstić information content (AvgIpc) is 2.40. The molecule has 8 heteroatoms. The lowest BCUT2D eigenvalue weighted by Gasteiger charge is -2.07. The van der Waals surface area contributed by atoms with E-state index in [9.17, 15) is 9.59 Å². The maximum absolute atomic E-state index is 11.8. The van der Waals surface area contributed by atoms with Crippen LogP contribution in [0.5, 0.6) is 0 Å². The molecule has 96 valence electrons. The minimum Gasteiger partial charge on any atom is -0.353 e. The number of hydrogen-bond acceptors (Lipinski definition) is 6. The van der Waals surface area contributed by atoms with Crippen molar-refractivity contribution in [2.45, 2.75) is 13.3 Å². The zero-order valence-corrected chi connectivity index (χ0v) is 10.5. The second-order valence-corrected chi connectivity index (χ2v) is 3.94. The van der Waals surface area contributed by atoms with Crippen LogP contribution in [0.3, 0.4) is 0 Å². The highest BCUT2D eigenvalue weighted by Crippen LogP contribution is 2.02. The fourth-order valence-electron chi connectivity index (χ4n) is 1.56. The molecule has 0 unspecified atom stereocenters. The molecule has 0 saturated heterocycles. The largest absolute Gasteiger partial charge is 0.353 e. The lowest BCUT2D eigenvalue weighted by molar-refractivity contribution is 0.700. The normalized spacial score (nSPS) is 10.8. The summed E-state index contributed by atoms with van der Waals surface area (Å²) in [5.74, 6) is 0.313. The maximum Gasteiger partial charge on any atom is 0.332 e. The van der Waals surface area contributed by atoms with Crippen LogP contribution in [-0.4, -0.2) is 30.9 Å². The molecule has 0 spiro atoms. The van der Waals surface area contributed by atoms with E-state index in [2.05, 4.69) is 20.5 Å². The lowest BCUT2D eigenvalue weighted by atomic mass is 10.5. The van der Waals surface area contributed by atoms with Crippen molar-refractivity contribution >= 4 is 17.1 Å². The van der Waals surface area contributed by atoms with Crippen LogP contribution in [-0.2, 0) is 14.1 Å². The Hall–Kier alpha value is -2.25. The van der Waals surface area contributed by atoms with Gasteiger partial charge in [0.15, 0.2) is 11.2 Å². The molecule has 0 aliphatic rings. The van der Waals surface area contributed by atoms with Crippen LogP contribution in [0.2, 0.25) is 0 Å². The van der Waals surface area contributed by atoms with E-state index in [-0.39, 0.29) is 11.2 Å². The summed E-state index contributed by atoms with van der Waals surface area (Å²) in [5, 5.41) is 10.6. The topological polar surface area (TPSA) is 94.7 Å². The molecule has 0 aromatic carbocycles. The van der Waals surface area contributed by atoms with Gasteiger partial charge in [-0.2, -0.15) is 4.98 Å². The van der Waals surface area contributed by atoms with Gasteiger partial charge in [0, 0.05) is 20.6 Å². The zero-order chi connectivity index (χ0) is 13.3. The SMILES string of the molecule is CCCNc1nnc2c(=O)n(C)c(=O)n(C)c2n1. The van der Waals surface area contributed by atoms with E-state index in [1.54, 1.807) is 7.05 Å². The Morgan fingerprint density at radius 3 is 2.56 bits per heavy atom. The van der Waals surface area contributed by atoms with Crippen molar-refractivity contribution in [3.05, 3.63) is 20.8 Å². The van der Waals surface area contributed by atoms with Crippen LogP contribution >= 0.6 is 0 Å². The van der Waals surface area contributed by atoms with E-state index in [0.717, 1.165) is 11.0 Å². The molecule has 0 atom stereocenters. The Morgan fingerprint density at radius 1 is 1.17 bits per heavy atom. The quantitative estimate of drug-likeness (QED) is 0.769. The van der Waals surface area contributed by atoms with Crippen molar-refractivity contribution in [3.63, 3.8) is 0 Å². The molecule has 0 radical (unpaired) electrons. The zero-order valence-electron chi connectivity index (χ0n) is 10.5. The molecule has 0 bridgehead atoms. The fraction of sp³-hybridized carbons (Fsp3) is 0.500. The third kappa shape index (κ3) is 1.85. The van der Waals surface area contributed by atoms with Gasteiger partial charge < -0.3 is 5.32 Å². The summed E-state index contributed by atoms with van der Waals surface area (Å²) in [5.41, 5.74) is -0.608. The number of nitrogens with zero attached hydrogens (tertiary/aromatic N) is 5. The second kappa shape index (κ2) is 4.55. The van der Waals surface area contributed by atoms with Crippen molar-refractivity contribution in [3.8, 4) is 0 Å². The second-order valence-electron chi connectivity index (χ2n) is 3.94. The summed E-state index contributed by atoms with van der Waals surface area (Å²) in [7, 11) is 2.94. The van der Waals surface area contributed by atoms with Crippen molar-refractivity contribution < 1.29 is 0 Å². The minimum absolute atomic E-state index is 0.0849. The van der Waals surface area contributed by atoms with E-state index in [1.807, 2.05) is 6.92 Å². The Labute approximate surface area is 102 Å². The molecule has 0 fully saturated rings. The Kier molecular flexibility index (Phi) is 3.09. The molecule has 0 saturated carbocycles. The average molecular weight is 250 g/mol. The number of anilines is 1. The highest BCUT2D eigenvalue weighted by Gasteiger charge is 2.12. The number of aryl methyl sites for hydroxylation is 1. The van der Waals surface area contributed by atoms with Gasteiger partial charge in [-0.1, -0.05) is 6.92 Å². The van der Waals surface area contributed by atoms with Crippen molar-refractivity contribution in [2.24, 2.45) is 14.1 Å². The highest BCUT2D eigenvalue weighted by molar-refractivity contribution is 5.68. The fourth-order valence-corrected chi connectivity index (χ4v) is 1.56. The van der Waals surface area contributed by atoms with Gasteiger partial charge in [-0.15, -0.1) is 10.2 Å². The Bertz CT molecular complexity index is 702. The minimum atomic E-state index is -0.491. The van der Waals surface area contributed by atoms with Crippen LogP contribution in [0.4, 0.5) is 5.95 Å². The van der Waals surface area contributed by atoms with Crippen LogP contribution in [0, 0.1) is 0 Å². The van der Waals surface area contributed by atoms with E-state index in [0.29, 0.717) is 12.5 Å². The third-order valence-corrected chi connectivity index (χ3v) is 2.60. The summed E-state index contributed by atoms with van der Waals surface area (Å²) >= 11 is 0. The summed E-state index contributed by atoms with van der Waals surface area (Å²) in [4.78, 5) is 27.7.